The second kappa shape index (κ2) is 15.6. The van der Waals surface area contributed by atoms with Crippen molar-refractivity contribution in [3.05, 3.63) is 77.3 Å². The van der Waals surface area contributed by atoms with Gasteiger partial charge in [0.15, 0.2) is 11.5 Å². The molecule has 0 fully saturated rings. The van der Waals surface area contributed by atoms with E-state index in [2.05, 4.69) is 27.5 Å². The molecule has 13 heteroatoms. The SMILES string of the molecule is CCCCc1nc(N(C)C(=O)C=C(C)C)c(C(=O)OC(C)OC(=O)OCC)n1Cc1ccc(-c2ccccc2-c2nn[nH]n2)cc1. The van der Waals surface area contributed by atoms with Crippen molar-refractivity contribution in [2.45, 2.75) is 66.7 Å². The Balaban J connectivity index is 1.73. The number of carbonyl (C=O) groups is 3. The Morgan fingerprint density at radius 3 is 2.37 bits per heavy atom. The van der Waals surface area contributed by atoms with Crippen LogP contribution in [0.25, 0.3) is 22.5 Å². The van der Waals surface area contributed by atoms with Crippen molar-refractivity contribution >= 4 is 23.8 Å². The number of aryl methyl sites for hydroxylation is 1. The van der Waals surface area contributed by atoms with Crippen LogP contribution in [0.2, 0.25) is 0 Å². The molecule has 0 bridgehead atoms. The number of aromatic amines is 1. The molecule has 1 amide bonds. The summed E-state index contributed by atoms with van der Waals surface area (Å²) in [6.07, 6.45) is 1.53. The van der Waals surface area contributed by atoms with E-state index in [1.807, 2.05) is 62.4 Å². The number of amides is 1. The number of carbonyl (C=O) groups excluding carboxylic acids is 3. The summed E-state index contributed by atoms with van der Waals surface area (Å²) in [6.45, 7) is 9.11. The van der Waals surface area contributed by atoms with Gasteiger partial charge in [-0.1, -0.05) is 67.4 Å². The van der Waals surface area contributed by atoms with Gasteiger partial charge in [-0.2, -0.15) is 5.21 Å². The van der Waals surface area contributed by atoms with Crippen molar-refractivity contribution in [3.63, 3.8) is 0 Å². The lowest BCUT2D eigenvalue weighted by molar-refractivity contribution is -0.114. The molecule has 13 nitrogen and oxygen atoms in total. The fraction of sp³-hybridized carbons (Fsp3) is 0.364. The van der Waals surface area contributed by atoms with Gasteiger partial charge in [-0.05, 0) is 49.1 Å². The fourth-order valence-electron chi connectivity index (χ4n) is 4.76. The second-order valence-electron chi connectivity index (χ2n) is 10.8. The summed E-state index contributed by atoms with van der Waals surface area (Å²) >= 11 is 0. The van der Waals surface area contributed by atoms with E-state index in [4.69, 9.17) is 19.2 Å². The number of rotatable bonds is 13. The summed E-state index contributed by atoms with van der Waals surface area (Å²) in [5.41, 5.74) is 4.45. The van der Waals surface area contributed by atoms with Gasteiger partial charge in [-0.15, -0.1) is 10.2 Å². The number of esters is 1. The molecule has 2 aromatic carbocycles. The number of unbranched alkanes of at least 4 members (excludes halogenated alkanes) is 1. The number of nitrogens with zero attached hydrogens (tertiary/aromatic N) is 6. The van der Waals surface area contributed by atoms with Crippen molar-refractivity contribution < 1.29 is 28.6 Å². The highest BCUT2D eigenvalue weighted by Crippen LogP contribution is 2.31. The zero-order chi connectivity index (χ0) is 33.2. The van der Waals surface area contributed by atoms with Crippen molar-refractivity contribution in [3.8, 4) is 22.5 Å². The van der Waals surface area contributed by atoms with Crippen LogP contribution in [0.3, 0.4) is 0 Å². The summed E-state index contributed by atoms with van der Waals surface area (Å²) in [5.74, 6) is 0.103. The number of likely N-dealkylation sites (N-methyl/N-ethyl adjacent to an activating group) is 1. The summed E-state index contributed by atoms with van der Waals surface area (Å²) in [7, 11) is 1.56. The van der Waals surface area contributed by atoms with Gasteiger partial charge in [0.1, 0.15) is 5.82 Å². The van der Waals surface area contributed by atoms with Crippen molar-refractivity contribution in [1.29, 1.82) is 0 Å². The Hall–Kier alpha value is -5.33. The zero-order valence-electron chi connectivity index (χ0n) is 26.9. The van der Waals surface area contributed by atoms with Crippen molar-refractivity contribution in [1.82, 2.24) is 30.2 Å². The highest BCUT2D eigenvalue weighted by atomic mass is 16.8. The predicted octanol–water partition coefficient (Wildman–Crippen LogP) is 5.73. The first kappa shape index (κ1) is 33.6. The minimum atomic E-state index is -1.25. The molecule has 1 atom stereocenters. The lowest BCUT2D eigenvalue weighted by Gasteiger charge is -2.18. The Morgan fingerprint density at radius 1 is 1.02 bits per heavy atom. The number of H-pyrrole nitrogens is 1. The quantitative estimate of drug-likeness (QED) is 0.110. The first-order chi connectivity index (χ1) is 22.1. The van der Waals surface area contributed by atoms with Crippen LogP contribution in [-0.2, 0) is 32.0 Å². The van der Waals surface area contributed by atoms with E-state index in [1.165, 1.54) is 17.9 Å². The van der Waals surface area contributed by atoms with Gasteiger partial charge in [0.2, 0.25) is 12.1 Å². The highest BCUT2D eigenvalue weighted by Gasteiger charge is 2.30. The van der Waals surface area contributed by atoms with Crippen LogP contribution >= 0.6 is 0 Å². The van der Waals surface area contributed by atoms with Gasteiger partial charge < -0.3 is 18.8 Å². The molecule has 0 saturated heterocycles. The second-order valence-corrected chi connectivity index (χ2v) is 10.8. The number of allylic oxidation sites excluding steroid dienone is 1. The van der Waals surface area contributed by atoms with Gasteiger partial charge in [0, 0.05) is 38.6 Å². The molecule has 0 radical (unpaired) electrons. The summed E-state index contributed by atoms with van der Waals surface area (Å²) in [4.78, 5) is 44.8. The van der Waals surface area contributed by atoms with Gasteiger partial charge >= 0.3 is 12.1 Å². The topological polar surface area (TPSA) is 154 Å². The number of imidazole rings is 1. The molecule has 0 aliphatic carbocycles. The molecule has 46 heavy (non-hydrogen) atoms. The molecule has 4 aromatic rings. The first-order valence-electron chi connectivity index (χ1n) is 15.1. The number of tetrazole rings is 1. The molecule has 2 heterocycles. The van der Waals surface area contributed by atoms with E-state index >= 15 is 0 Å². The van der Waals surface area contributed by atoms with Gasteiger partial charge in [-0.25, -0.2) is 14.6 Å². The van der Waals surface area contributed by atoms with E-state index in [9.17, 15) is 14.4 Å². The molecule has 0 spiro atoms. The third-order valence-electron chi connectivity index (χ3n) is 6.95. The van der Waals surface area contributed by atoms with Crippen molar-refractivity contribution in [2.75, 3.05) is 18.6 Å². The van der Waals surface area contributed by atoms with Gasteiger partial charge in [0.25, 0.3) is 5.91 Å². The predicted molar refractivity (Wildman–Crippen MR) is 171 cm³/mol. The number of ether oxygens (including phenoxy) is 3. The van der Waals surface area contributed by atoms with Crippen LogP contribution in [-0.4, -0.2) is 68.2 Å². The maximum atomic E-state index is 13.8. The third kappa shape index (κ3) is 8.23. The van der Waals surface area contributed by atoms with Gasteiger partial charge in [-0.3, -0.25) is 9.69 Å². The van der Waals surface area contributed by atoms with Crippen LogP contribution in [0.5, 0.6) is 0 Å². The number of aromatic nitrogens is 6. The molecule has 0 aliphatic rings. The Kier molecular flexibility index (Phi) is 11.4. The van der Waals surface area contributed by atoms with E-state index < -0.39 is 18.4 Å². The zero-order valence-corrected chi connectivity index (χ0v) is 26.9. The Labute approximate surface area is 267 Å². The summed E-state index contributed by atoms with van der Waals surface area (Å²) in [6, 6.07) is 15.7. The van der Waals surface area contributed by atoms with E-state index in [-0.39, 0.29) is 30.6 Å². The van der Waals surface area contributed by atoms with Crippen molar-refractivity contribution in [2.24, 2.45) is 0 Å². The van der Waals surface area contributed by atoms with Crippen LogP contribution < -0.4 is 4.90 Å². The average molecular weight is 630 g/mol. The van der Waals surface area contributed by atoms with Crippen LogP contribution in [0.1, 0.15) is 69.3 Å². The van der Waals surface area contributed by atoms with Gasteiger partial charge in [0.05, 0.1) is 6.61 Å². The third-order valence-corrected chi connectivity index (χ3v) is 6.95. The first-order valence-corrected chi connectivity index (χ1v) is 15.1. The highest BCUT2D eigenvalue weighted by molar-refractivity contribution is 6.05. The maximum absolute atomic E-state index is 13.8. The summed E-state index contributed by atoms with van der Waals surface area (Å²) < 4.78 is 17.2. The minimum absolute atomic E-state index is 0.0648. The standard InChI is InChI=1S/C33H39N7O6/c1-7-9-14-27-34-31(39(6)28(41)19-21(3)4)29(32(42)45-22(5)46-33(43)44-8-2)40(27)20-23-15-17-24(18-16-23)25-12-10-11-13-26(25)30-35-37-38-36-30/h10-13,15-19,22H,7-9,14,20H2,1-6H3,(H,35,36,37,38). The molecule has 0 saturated carbocycles. The number of hydrogen-bond acceptors (Lipinski definition) is 10. The van der Waals surface area contributed by atoms with E-state index in [0.29, 0.717) is 18.1 Å². The van der Waals surface area contributed by atoms with E-state index in [1.54, 1.807) is 18.5 Å². The van der Waals surface area contributed by atoms with E-state index in [0.717, 1.165) is 40.7 Å². The minimum Gasteiger partial charge on any atom is -0.435 e. The number of anilines is 1. The maximum Gasteiger partial charge on any atom is 0.511 e. The number of hydrogen-bond donors (Lipinski definition) is 1. The molecule has 4 rings (SSSR count). The molecular weight excluding hydrogens is 590 g/mol. The lowest BCUT2D eigenvalue weighted by Crippen LogP contribution is -2.29. The van der Waals surface area contributed by atoms with Crippen LogP contribution in [0.4, 0.5) is 10.6 Å². The normalized spacial score (nSPS) is 11.4. The molecular formula is C33H39N7O6. The lowest BCUT2D eigenvalue weighted by atomic mass is 9.98. The largest absolute Gasteiger partial charge is 0.511 e. The molecule has 242 valence electrons. The molecule has 2 aromatic heterocycles. The molecule has 1 unspecified atom stereocenters. The Bertz CT molecular complexity index is 1670. The molecule has 1 N–H and O–H groups in total. The summed E-state index contributed by atoms with van der Waals surface area (Å²) in [5, 5.41) is 14.4. The number of nitrogens with one attached hydrogen (secondary N) is 1. The van der Waals surface area contributed by atoms with Crippen LogP contribution in [0.15, 0.2) is 60.2 Å². The Morgan fingerprint density at radius 2 is 1.74 bits per heavy atom. The average Bonchev–Trinajstić information content (AvgIpc) is 3.68. The van der Waals surface area contributed by atoms with Crippen LogP contribution in [0, 0.1) is 0 Å². The molecule has 0 aliphatic heterocycles. The monoisotopic (exact) mass is 629 g/mol. The smallest absolute Gasteiger partial charge is 0.435 e. The fourth-order valence-corrected chi connectivity index (χ4v) is 4.76. The number of benzene rings is 2.